The van der Waals surface area contributed by atoms with Crippen LogP contribution in [-0.2, 0) is 4.74 Å². The van der Waals surface area contributed by atoms with Gasteiger partial charge in [-0.2, -0.15) is 0 Å². The first-order valence-corrected chi connectivity index (χ1v) is 5.09. The summed E-state index contributed by atoms with van der Waals surface area (Å²) in [6, 6.07) is 0.219. The normalized spacial score (nSPS) is 16.0. The van der Waals surface area contributed by atoms with E-state index < -0.39 is 0 Å². The van der Waals surface area contributed by atoms with Crippen molar-refractivity contribution in [1.82, 2.24) is 0 Å². The second-order valence-electron chi connectivity index (χ2n) is 3.32. The van der Waals surface area contributed by atoms with Gasteiger partial charge in [0.25, 0.3) is 0 Å². The van der Waals surface area contributed by atoms with E-state index >= 15 is 0 Å². The minimum absolute atomic E-state index is 0.215. The molecule has 2 N–H and O–H groups in total. The maximum absolute atomic E-state index is 5.92. The molecule has 0 fully saturated rings. The summed E-state index contributed by atoms with van der Waals surface area (Å²) in [5.74, 6) is 0. The van der Waals surface area contributed by atoms with Gasteiger partial charge in [0.1, 0.15) is 0 Å². The standard InChI is InChI=1S/C10H23NO/c1-4-6-7-8-10(11)9(3)12-5-2/h9-10H,4-8,11H2,1-3H3. The fourth-order valence-corrected chi connectivity index (χ4v) is 1.25. The average molecular weight is 173 g/mol. The molecule has 0 aliphatic rings. The van der Waals surface area contributed by atoms with Crippen molar-refractivity contribution in [2.75, 3.05) is 6.61 Å². The number of hydrogen-bond acceptors (Lipinski definition) is 2. The Morgan fingerprint density at radius 1 is 1.25 bits per heavy atom. The van der Waals surface area contributed by atoms with Gasteiger partial charge in [-0.3, -0.25) is 0 Å². The van der Waals surface area contributed by atoms with Crippen LogP contribution in [0.3, 0.4) is 0 Å². The molecule has 12 heavy (non-hydrogen) atoms. The molecule has 0 aliphatic heterocycles. The molecule has 0 aromatic heterocycles. The van der Waals surface area contributed by atoms with E-state index in [1.54, 1.807) is 0 Å². The van der Waals surface area contributed by atoms with Crippen molar-refractivity contribution in [3.8, 4) is 0 Å². The number of hydrogen-bond donors (Lipinski definition) is 1. The molecule has 0 radical (unpaired) electrons. The zero-order valence-corrected chi connectivity index (χ0v) is 8.68. The molecule has 2 heteroatoms. The van der Waals surface area contributed by atoms with Crippen LogP contribution in [0.1, 0.15) is 46.5 Å². The van der Waals surface area contributed by atoms with Crippen LogP contribution in [0.25, 0.3) is 0 Å². The molecule has 0 spiro atoms. The first-order valence-electron chi connectivity index (χ1n) is 5.09. The lowest BCUT2D eigenvalue weighted by atomic mass is 10.1. The Balaban J connectivity index is 3.35. The highest BCUT2D eigenvalue weighted by atomic mass is 16.5. The van der Waals surface area contributed by atoms with Gasteiger partial charge in [-0.1, -0.05) is 26.2 Å². The molecule has 0 rings (SSSR count). The zero-order valence-electron chi connectivity index (χ0n) is 8.68. The van der Waals surface area contributed by atoms with E-state index in [0.29, 0.717) is 0 Å². The van der Waals surface area contributed by atoms with Crippen LogP contribution in [0.2, 0.25) is 0 Å². The van der Waals surface area contributed by atoms with Gasteiger partial charge in [-0.05, 0) is 20.3 Å². The van der Waals surface area contributed by atoms with Crippen LogP contribution in [0.5, 0.6) is 0 Å². The van der Waals surface area contributed by atoms with Crippen LogP contribution >= 0.6 is 0 Å². The van der Waals surface area contributed by atoms with Crippen LogP contribution in [0.4, 0.5) is 0 Å². The number of unbranched alkanes of at least 4 members (excludes halogenated alkanes) is 2. The highest BCUT2D eigenvalue weighted by Gasteiger charge is 2.11. The molecule has 0 aliphatic carbocycles. The first-order chi connectivity index (χ1) is 5.72. The lowest BCUT2D eigenvalue weighted by molar-refractivity contribution is 0.0550. The van der Waals surface area contributed by atoms with Crippen LogP contribution in [-0.4, -0.2) is 18.8 Å². The van der Waals surface area contributed by atoms with Crippen LogP contribution < -0.4 is 5.73 Å². The molecule has 0 bridgehead atoms. The van der Waals surface area contributed by atoms with E-state index in [0.717, 1.165) is 13.0 Å². The van der Waals surface area contributed by atoms with Gasteiger partial charge in [0, 0.05) is 12.6 Å². The lowest BCUT2D eigenvalue weighted by Gasteiger charge is -2.19. The molecule has 0 aromatic carbocycles. The Kier molecular flexibility index (Phi) is 7.51. The highest BCUT2D eigenvalue weighted by Crippen LogP contribution is 2.06. The van der Waals surface area contributed by atoms with E-state index in [1.807, 2.05) is 6.92 Å². The summed E-state index contributed by atoms with van der Waals surface area (Å²) < 4.78 is 5.41. The molecule has 0 heterocycles. The quantitative estimate of drug-likeness (QED) is 0.600. The summed E-state index contributed by atoms with van der Waals surface area (Å²) in [5, 5.41) is 0. The second-order valence-corrected chi connectivity index (χ2v) is 3.32. The van der Waals surface area contributed by atoms with E-state index in [9.17, 15) is 0 Å². The predicted octanol–water partition coefficient (Wildman–Crippen LogP) is 2.32. The fraction of sp³-hybridized carbons (Fsp3) is 1.00. The average Bonchev–Trinajstić information content (AvgIpc) is 2.05. The molecule has 0 amide bonds. The summed E-state index contributed by atoms with van der Waals surface area (Å²) >= 11 is 0. The molecule has 2 unspecified atom stereocenters. The number of nitrogens with two attached hydrogens (primary N) is 1. The Bertz CT molecular complexity index is 95.8. The molecular weight excluding hydrogens is 150 g/mol. The van der Waals surface area contributed by atoms with E-state index in [1.165, 1.54) is 19.3 Å². The number of rotatable bonds is 7. The SMILES string of the molecule is CCCCCC(N)C(C)OCC. The Labute approximate surface area is 76.5 Å². The van der Waals surface area contributed by atoms with Gasteiger partial charge in [-0.15, -0.1) is 0 Å². The van der Waals surface area contributed by atoms with Gasteiger partial charge in [0.05, 0.1) is 6.10 Å². The third kappa shape index (κ3) is 5.56. The molecule has 0 saturated heterocycles. The molecule has 0 aromatic rings. The summed E-state index contributed by atoms with van der Waals surface area (Å²) in [7, 11) is 0. The largest absolute Gasteiger partial charge is 0.377 e. The van der Waals surface area contributed by atoms with Gasteiger partial charge < -0.3 is 10.5 Å². The third-order valence-electron chi connectivity index (χ3n) is 2.17. The third-order valence-corrected chi connectivity index (χ3v) is 2.17. The monoisotopic (exact) mass is 173 g/mol. The predicted molar refractivity (Wildman–Crippen MR) is 53.2 cm³/mol. The minimum atomic E-state index is 0.215. The van der Waals surface area contributed by atoms with Gasteiger partial charge in [-0.25, -0.2) is 0 Å². The molecule has 2 nitrogen and oxygen atoms in total. The number of ether oxygens (including phenoxy) is 1. The van der Waals surface area contributed by atoms with Gasteiger partial charge >= 0.3 is 0 Å². The van der Waals surface area contributed by atoms with E-state index in [-0.39, 0.29) is 12.1 Å². The summed E-state index contributed by atoms with van der Waals surface area (Å²) in [5.41, 5.74) is 5.92. The maximum Gasteiger partial charge on any atom is 0.0697 e. The van der Waals surface area contributed by atoms with Crippen molar-refractivity contribution < 1.29 is 4.74 Å². The lowest BCUT2D eigenvalue weighted by Crippen LogP contribution is -2.34. The maximum atomic E-state index is 5.92. The van der Waals surface area contributed by atoms with Crippen molar-refractivity contribution in [2.24, 2.45) is 5.73 Å². The van der Waals surface area contributed by atoms with Gasteiger partial charge in [0.2, 0.25) is 0 Å². The highest BCUT2D eigenvalue weighted by molar-refractivity contribution is 4.68. The van der Waals surface area contributed by atoms with E-state index in [4.69, 9.17) is 10.5 Å². The second kappa shape index (κ2) is 7.56. The van der Waals surface area contributed by atoms with Crippen molar-refractivity contribution >= 4 is 0 Å². The minimum Gasteiger partial charge on any atom is -0.377 e. The van der Waals surface area contributed by atoms with Crippen molar-refractivity contribution in [1.29, 1.82) is 0 Å². The molecule has 0 saturated carbocycles. The Hall–Kier alpha value is -0.0800. The smallest absolute Gasteiger partial charge is 0.0697 e. The Morgan fingerprint density at radius 2 is 1.92 bits per heavy atom. The molecule has 2 atom stereocenters. The Morgan fingerprint density at radius 3 is 2.42 bits per heavy atom. The van der Waals surface area contributed by atoms with E-state index in [2.05, 4.69) is 13.8 Å². The van der Waals surface area contributed by atoms with Crippen molar-refractivity contribution in [3.05, 3.63) is 0 Å². The first kappa shape index (κ1) is 11.9. The summed E-state index contributed by atoms with van der Waals surface area (Å²) in [6.45, 7) is 7.04. The van der Waals surface area contributed by atoms with Crippen molar-refractivity contribution in [3.63, 3.8) is 0 Å². The molecular formula is C10H23NO. The van der Waals surface area contributed by atoms with Crippen LogP contribution in [0, 0.1) is 0 Å². The van der Waals surface area contributed by atoms with Crippen LogP contribution in [0.15, 0.2) is 0 Å². The molecule has 74 valence electrons. The zero-order chi connectivity index (χ0) is 9.40. The topological polar surface area (TPSA) is 35.2 Å². The van der Waals surface area contributed by atoms with Gasteiger partial charge in [0.15, 0.2) is 0 Å². The van der Waals surface area contributed by atoms with Crippen molar-refractivity contribution in [2.45, 2.75) is 58.6 Å². The summed E-state index contributed by atoms with van der Waals surface area (Å²) in [6.07, 6.45) is 5.08. The fourth-order valence-electron chi connectivity index (χ4n) is 1.25. The summed E-state index contributed by atoms with van der Waals surface area (Å²) in [4.78, 5) is 0.